The Bertz CT molecular complexity index is 2190. The van der Waals surface area contributed by atoms with Crippen LogP contribution in [0.5, 0.6) is 10.8 Å². The van der Waals surface area contributed by atoms with Crippen LogP contribution < -0.4 is 14.5 Å². The van der Waals surface area contributed by atoms with E-state index in [4.69, 9.17) is 9.72 Å². The molecule has 46 heavy (non-hydrogen) atoms. The minimum Gasteiger partial charge on any atom is -0.493 e. The number of rotatable bonds is 5. The van der Waals surface area contributed by atoms with Crippen LogP contribution in [0.15, 0.2) is 121 Å². The first-order valence-corrected chi connectivity index (χ1v) is 15.9. The fourth-order valence-electron chi connectivity index (χ4n) is 5.93. The van der Waals surface area contributed by atoms with Crippen LogP contribution in [0, 0.1) is 18.8 Å². The molecule has 0 saturated heterocycles. The number of thiophene rings is 1. The second-order valence-corrected chi connectivity index (χ2v) is 13.2. The molecule has 0 amide bonds. The predicted molar refractivity (Wildman–Crippen MR) is 187 cm³/mol. The molecule has 0 N–H and O–H groups in total. The number of aromatic nitrogens is 1. The minimum absolute atomic E-state index is 0. The van der Waals surface area contributed by atoms with Crippen LogP contribution in [-0.4, -0.2) is 4.98 Å². The van der Waals surface area contributed by atoms with Gasteiger partial charge < -0.3 is 14.5 Å². The molecule has 0 aliphatic carbocycles. The number of nitrogens with zero attached hydrogens (tertiary/aromatic N) is 3. The molecule has 5 aromatic carbocycles. The van der Waals surface area contributed by atoms with Gasteiger partial charge in [0.15, 0.2) is 0 Å². The molecular weight excluding hydrogens is 766 g/mol. The molecule has 0 fully saturated rings. The van der Waals surface area contributed by atoms with Crippen LogP contribution in [0.1, 0.15) is 26.3 Å². The summed E-state index contributed by atoms with van der Waals surface area (Å²) >= 11 is 1.59. The number of para-hydroxylation sites is 3. The average Bonchev–Trinajstić information content (AvgIpc) is 3.65. The van der Waals surface area contributed by atoms with Crippen LogP contribution in [0.3, 0.4) is 0 Å². The van der Waals surface area contributed by atoms with Crippen molar-refractivity contribution in [2.75, 3.05) is 9.80 Å². The Hall–Kier alpha value is -4.44. The topological polar surface area (TPSA) is 28.6 Å². The molecule has 3 heterocycles. The van der Waals surface area contributed by atoms with E-state index in [9.17, 15) is 0 Å². The smallest absolute Gasteiger partial charge is 0.107 e. The fourth-order valence-corrected chi connectivity index (χ4v) is 6.86. The summed E-state index contributed by atoms with van der Waals surface area (Å²) in [5, 5.41) is 4.04. The van der Waals surface area contributed by atoms with Crippen LogP contribution in [0.2, 0.25) is 0 Å². The molecule has 4 nitrogen and oxygen atoms in total. The Morgan fingerprint density at radius 3 is 2.30 bits per heavy atom. The first-order chi connectivity index (χ1) is 21.9. The Morgan fingerprint density at radius 2 is 1.50 bits per heavy atom. The molecule has 1 aliphatic rings. The molecule has 0 bridgehead atoms. The van der Waals surface area contributed by atoms with E-state index >= 15 is 0 Å². The molecule has 0 spiro atoms. The summed E-state index contributed by atoms with van der Waals surface area (Å²) in [4.78, 5) is 9.20. The summed E-state index contributed by atoms with van der Waals surface area (Å²) in [6.07, 6.45) is 1.92. The Labute approximate surface area is 288 Å². The average molecular weight is 796 g/mol. The minimum atomic E-state index is 0. The zero-order valence-corrected chi connectivity index (χ0v) is 28.7. The van der Waals surface area contributed by atoms with Gasteiger partial charge in [0.1, 0.15) is 5.06 Å². The monoisotopic (exact) mass is 795 g/mol. The van der Waals surface area contributed by atoms with E-state index < -0.39 is 0 Å². The molecule has 7 aromatic rings. The van der Waals surface area contributed by atoms with Gasteiger partial charge in [0.2, 0.25) is 0 Å². The normalized spacial score (nSPS) is 12.8. The number of anilines is 4. The van der Waals surface area contributed by atoms with Crippen molar-refractivity contribution in [1.29, 1.82) is 0 Å². The van der Waals surface area contributed by atoms with Crippen LogP contribution >= 0.6 is 11.3 Å². The molecule has 1 aliphatic heterocycles. The predicted octanol–water partition coefficient (Wildman–Crippen LogP) is 11.2. The van der Waals surface area contributed by atoms with E-state index in [0.717, 1.165) is 49.5 Å². The molecule has 6 heteroatoms. The molecule has 0 saturated carbocycles. The third kappa shape index (κ3) is 5.48. The maximum atomic E-state index is 6.49. The molecule has 0 atom stereocenters. The van der Waals surface area contributed by atoms with E-state index in [1.165, 1.54) is 10.9 Å². The molecule has 2 aromatic heterocycles. The number of pyridine rings is 1. The van der Waals surface area contributed by atoms with Gasteiger partial charge in [-0.05, 0) is 52.8 Å². The summed E-state index contributed by atoms with van der Waals surface area (Å²) in [5.41, 5.74) is 7.50. The van der Waals surface area contributed by atoms with Gasteiger partial charge in [-0.2, -0.15) is 22.8 Å². The summed E-state index contributed by atoms with van der Waals surface area (Å²) in [5.74, 6) is 0.637. The van der Waals surface area contributed by atoms with Crippen LogP contribution in [0.4, 0.5) is 22.7 Å². The van der Waals surface area contributed by atoms with E-state index in [-0.39, 0.29) is 26.5 Å². The fraction of sp³-hybridized carbons (Fsp3) is 0.100. The van der Waals surface area contributed by atoms with E-state index in [0.29, 0.717) is 10.8 Å². The van der Waals surface area contributed by atoms with Gasteiger partial charge in [0.25, 0.3) is 0 Å². The van der Waals surface area contributed by atoms with Crippen molar-refractivity contribution in [2.45, 2.75) is 26.2 Å². The van der Waals surface area contributed by atoms with Gasteiger partial charge in [-0.15, -0.1) is 36.6 Å². The van der Waals surface area contributed by atoms with E-state index in [1.54, 1.807) is 11.3 Å². The van der Waals surface area contributed by atoms with Crippen molar-refractivity contribution in [3.05, 3.63) is 146 Å². The maximum absolute atomic E-state index is 6.49. The first kappa shape index (κ1) is 30.2. The van der Waals surface area contributed by atoms with Crippen molar-refractivity contribution >= 4 is 54.9 Å². The SMILES string of the molecule is CC(C)(C)c1ccnc(-c2c3[c-]c(Oc4[c-]c(N5[CH-]N(c6ccccc6)c6ccccc65)ccc4)sc3cc3ccccc23)c1.[Pt]. The van der Waals surface area contributed by atoms with Crippen molar-refractivity contribution in [3.8, 4) is 22.1 Å². The maximum Gasteiger partial charge on any atom is 0.107 e. The second-order valence-electron chi connectivity index (χ2n) is 12.2. The Balaban J connectivity index is 0.00000338. The van der Waals surface area contributed by atoms with Gasteiger partial charge in [-0.3, -0.25) is 4.98 Å². The van der Waals surface area contributed by atoms with Crippen LogP contribution in [0.25, 0.3) is 32.1 Å². The first-order valence-electron chi connectivity index (χ1n) is 15.0. The summed E-state index contributed by atoms with van der Waals surface area (Å²) in [6.45, 7) is 8.80. The van der Waals surface area contributed by atoms with Gasteiger partial charge in [-0.25, -0.2) is 0 Å². The van der Waals surface area contributed by atoms with Crippen molar-refractivity contribution in [2.24, 2.45) is 0 Å². The van der Waals surface area contributed by atoms with Gasteiger partial charge in [-0.1, -0.05) is 97.1 Å². The van der Waals surface area contributed by atoms with Gasteiger partial charge in [0, 0.05) is 55.8 Å². The molecule has 8 rings (SSSR count). The number of benzene rings is 5. The number of ether oxygens (including phenoxy) is 1. The Kier molecular flexibility index (Phi) is 7.92. The van der Waals surface area contributed by atoms with Crippen molar-refractivity contribution < 1.29 is 25.8 Å². The summed E-state index contributed by atoms with van der Waals surface area (Å²) in [6, 6.07) is 47.0. The zero-order chi connectivity index (χ0) is 30.5. The molecule has 230 valence electrons. The third-order valence-electron chi connectivity index (χ3n) is 8.21. The number of fused-ring (bicyclic) bond motifs is 3. The molecular formula is C40H30N3OPtS-3. The summed E-state index contributed by atoms with van der Waals surface area (Å²) < 4.78 is 7.60. The van der Waals surface area contributed by atoms with Crippen molar-refractivity contribution in [1.82, 2.24) is 4.98 Å². The quantitative estimate of drug-likeness (QED) is 0.162. The standard InChI is InChI=1S/C40H30N3OS.Pt/c1-40(2,3)28-20-21-41-34(23-28)39-32-17-8-7-12-27(32)22-37-33(39)25-38(45-37)44-31-16-11-15-30(24-31)43-26-42(29-13-5-4-6-14-29)35-18-9-10-19-36(35)43;/h4-23,26H,1-3H3;/q-3;. The van der Waals surface area contributed by atoms with Gasteiger partial charge in [0.05, 0.1) is 0 Å². The summed E-state index contributed by atoms with van der Waals surface area (Å²) in [7, 11) is 0. The molecule has 0 radical (unpaired) electrons. The zero-order valence-electron chi connectivity index (χ0n) is 25.6. The molecule has 0 unspecified atom stereocenters. The van der Waals surface area contributed by atoms with Crippen LogP contribution in [-0.2, 0) is 26.5 Å². The number of hydrogen-bond donors (Lipinski definition) is 0. The largest absolute Gasteiger partial charge is 0.493 e. The van der Waals surface area contributed by atoms with E-state index in [2.05, 4.69) is 146 Å². The van der Waals surface area contributed by atoms with Crippen molar-refractivity contribution in [3.63, 3.8) is 0 Å². The third-order valence-corrected chi connectivity index (χ3v) is 9.12. The van der Waals surface area contributed by atoms with E-state index in [1.807, 2.05) is 24.4 Å². The number of hydrogen-bond acceptors (Lipinski definition) is 5. The van der Waals surface area contributed by atoms with Gasteiger partial charge >= 0.3 is 0 Å². The Morgan fingerprint density at radius 1 is 0.761 bits per heavy atom. The second kappa shape index (κ2) is 12.1.